The van der Waals surface area contributed by atoms with Crippen LogP contribution in [0.1, 0.15) is 38.2 Å². The summed E-state index contributed by atoms with van der Waals surface area (Å²) >= 11 is 0. The number of carbonyl (C=O) groups is 1. The van der Waals surface area contributed by atoms with E-state index in [-0.39, 0.29) is 37.0 Å². The highest BCUT2D eigenvalue weighted by Crippen LogP contribution is 2.41. The van der Waals surface area contributed by atoms with E-state index in [0.29, 0.717) is 62.3 Å². The molecule has 47 heavy (non-hydrogen) atoms. The number of aryl methyl sites for hydroxylation is 1. The van der Waals surface area contributed by atoms with Crippen LogP contribution < -0.4 is 15.0 Å². The lowest BCUT2D eigenvalue weighted by molar-refractivity contribution is 0.0870. The maximum Gasteiger partial charge on any atom is 0.407 e. The molecular weight excluding hydrogens is 606 g/mol. The molecule has 0 spiro atoms. The molecule has 9 rings (SSSR count). The number of aromatic nitrogens is 3. The summed E-state index contributed by atoms with van der Waals surface area (Å²) in [5.74, 6) is -0.147. The fourth-order valence-electron chi connectivity index (χ4n) is 7.97. The molecule has 0 saturated carbocycles. The number of alkyl halides is 1. The third-order valence-corrected chi connectivity index (χ3v) is 10.1. The maximum atomic E-state index is 17.0. The fourth-order valence-corrected chi connectivity index (χ4v) is 7.97. The van der Waals surface area contributed by atoms with Crippen LogP contribution in [0.4, 0.5) is 19.4 Å². The van der Waals surface area contributed by atoms with Crippen LogP contribution in [0.2, 0.25) is 0 Å². The Bertz CT molecular complexity index is 1860. The first-order valence-corrected chi connectivity index (χ1v) is 16.5. The number of ether oxygens (including phenoxy) is 3. The van der Waals surface area contributed by atoms with Gasteiger partial charge in [-0.1, -0.05) is 36.4 Å². The van der Waals surface area contributed by atoms with Gasteiger partial charge >= 0.3 is 12.1 Å². The molecule has 2 aromatic carbocycles. The van der Waals surface area contributed by atoms with E-state index in [2.05, 4.69) is 15.2 Å². The molecule has 3 atom stereocenters. The topological polar surface area (TPSA) is 102 Å². The number of anilines is 1. The maximum absolute atomic E-state index is 17.0. The van der Waals surface area contributed by atoms with Gasteiger partial charge in [-0.25, -0.2) is 13.6 Å². The molecule has 12 heteroatoms. The number of carbonyl (C=O) groups excluding carboxylic acids is 1. The lowest BCUT2D eigenvalue weighted by atomic mass is 9.94. The zero-order valence-corrected chi connectivity index (χ0v) is 26.4. The molecule has 2 aromatic heterocycles. The summed E-state index contributed by atoms with van der Waals surface area (Å²) in [4.78, 5) is 31.3. The Balaban J connectivity index is 1.29. The van der Waals surface area contributed by atoms with Crippen molar-refractivity contribution in [3.8, 4) is 17.3 Å². The van der Waals surface area contributed by atoms with Gasteiger partial charge in [0.15, 0.2) is 5.82 Å². The molecule has 3 saturated heterocycles. The van der Waals surface area contributed by atoms with Gasteiger partial charge in [-0.3, -0.25) is 9.88 Å². The van der Waals surface area contributed by atoms with E-state index in [0.717, 1.165) is 35.7 Å². The number of pyridine rings is 1. The monoisotopic (exact) mass is 644 g/mol. The molecule has 5 aliphatic heterocycles. The van der Waals surface area contributed by atoms with Crippen molar-refractivity contribution in [3.63, 3.8) is 0 Å². The SMILES string of the molecule is C[C@@]12COCCN(C1)c1nc(OC[C@@]34CCCN3C[C@H](F)C4)nc3c(F)c(ncc13)-c1cccc3cccc(c13)CCCOC(=O)N2. The lowest BCUT2D eigenvalue weighted by Crippen LogP contribution is -2.55. The van der Waals surface area contributed by atoms with Crippen molar-refractivity contribution in [2.75, 3.05) is 57.5 Å². The van der Waals surface area contributed by atoms with Crippen LogP contribution in [-0.2, 0) is 15.9 Å². The number of fused-ring (bicyclic) bond motifs is 7. The Morgan fingerprint density at radius 3 is 2.89 bits per heavy atom. The summed E-state index contributed by atoms with van der Waals surface area (Å²) in [6.45, 7) is 4.88. The zero-order chi connectivity index (χ0) is 32.2. The Hall–Kier alpha value is -4.16. The zero-order valence-electron chi connectivity index (χ0n) is 26.4. The Morgan fingerprint density at radius 2 is 2.00 bits per heavy atom. The van der Waals surface area contributed by atoms with Crippen LogP contribution in [0.3, 0.4) is 0 Å². The lowest BCUT2D eigenvalue weighted by Gasteiger charge is -2.33. The molecule has 246 valence electrons. The molecule has 10 nitrogen and oxygen atoms in total. The molecule has 0 radical (unpaired) electrons. The highest BCUT2D eigenvalue weighted by molar-refractivity contribution is 6.00. The minimum Gasteiger partial charge on any atom is -0.461 e. The number of hydrogen-bond donors (Lipinski definition) is 1. The number of rotatable bonds is 3. The van der Waals surface area contributed by atoms with Crippen LogP contribution >= 0.6 is 0 Å². The molecule has 3 fully saturated rings. The number of alkyl carbamates (subject to hydrolysis) is 1. The highest BCUT2D eigenvalue weighted by atomic mass is 19.1. The Morgan fingerprint density at radius 1 is 1.13 bits per heavy atom. The van der Waals surface area contributed by atoms with Crippen LogP contribution in [0.5, 0.6) is 6.01 Å². The van der Waals surface area contributed by atoms with Crippen LogP contribution in [0.15, 0.2) is 42.6 Å². The molecule has 6 bridgehead atoms. The van der Waals surface area contributed by atoms with E-state index in [1.807, 2.05) is 48.2 Å². The minimum absolute atomic E-state index is 0.0165. The average Bonchev–Trinajstić information content (AvgIpc) is 3.51. The third kappa shape index (κ3) is 5.50. The second-order valence-electron chi connectivity index (χ2n) is 13.6. The number of nitrogens with one attached hydrogen (secondary N) is 1. The Labute approximate surface area is 271 Å². The van der Waals surface area contributed by atoms with Crippen LogP contribution in [0.25, 0.3) is 32.9 Å². The summed E-state index contributed by atoms with van der Waals surface area (Å²) < 4.78 is 49.4. The molecule has 7 heterocycles. The number of nitrogens with zero attached hydrogens (tertiary/aromatic N) is 5. The summed E-state index contributed by atoms with van der Waals surface area (Å²) in [6.07, 6.45) is 3.58. The molecule has 0 unspecified atom stereocenters. The van der Waals surface area contributed by atoms with Gasteiger partial charge in [0.05, 0.1) is 36.3 Å². The second-order valence-corrected chi connectivity index (χ2v) is 13.6. The van der Waals surface area contributed by atoms with Gasteiger partial charge < -0.3 is 24.4 Å². The molecular formula is C35H38F2N6O4. The van der Waals surface area contributed by atoms with Crippen molar-refractivity contribution in [1.82, 2.24) is 25.2 Å². The van der Waals surface area contributed by atoms with E-state index >= 15 is 4.39 Å². The predicted molar refractivity (Wildman–Crippen MR) is 173 cm³/mol. The molecule has 5 aliphatic rings. The summed E-state index contributed by atoms with van der Waals surface area (Å²) in [5.41, 5.74) is 0.663. The smallest absolute Gasteiger partial charge is 0.407 e. The van der Waals surface area contributed by atoms with Crippen molar-refractivity contribution in [3.05, 3.63) is 54.0 Å². The van der Waals surface area contributed by atoms with Gasteiger partial charge in [0, 0.05) is 37.8 Å². The van der Waals surface area contributed by atoms with Crippen molar-refractivity contribution in [2.45, 2.75) is 56.3 Å². The summed E-state index contributed by atoms with van der Waals surface area (Å²) in [6, 6.07) is 11.8. The van der Waals surface area contributed by atoms with E-state index < -0.39 is 29.2 Å². The summed E-state index contributed by atoms with van der Waals surface area (Å²) in [5, 5.41) is 5.27. The van der Waals surface area contributed by atoms with Crippen LogP contribution in [0, 0.1) is 5.82 Å². The molecule has 4 aromatic rings. The molecule has 1 N–H and O–H groups in total. The van der Waals surface area contributed by atoms with Crippen molar-refractivity contribution in [2.24, 2.45) is 0 Å². The van der Waals surface area contributed by atoms with E-state index in [9.17, 15) is 9.18 Å². The second kappa shape index (κ2) is 11.8. The van der Waals surface area contributed by atoms with Gasteiger partial charge in [0.2, 0.25) is 0 Å². The van der Waals surface area contributed by atoms with E-state index in [4.69, 9.17) is 24.2 Å². The van der Waals surface area contributed by atoms with E-state index in [1.165, 1.54) is 0 Å². The van der Waals surface area contributed by atoms with E-state index in [1.54, 1.807) is 6.20 Å². The summed E-state index contributed by atoms with van der Waals surface area (Å²) in [7, 11) is 0. The first kappa shape index (κ1) is 30.2. The number of amides is 1. The Kier molecular flexibility index (Phi) is 7.59. The predicted octanol–water partition coefficient (Wildman–Crippen LogP) is 5.21. The standard InChI is InChI=1S/C35H38F2N6O4/c1-34-19-42(13-15-45-20-34)31-26-17-38-29(25-10-3-8-22-6-2-7-23(27(22)25)9-4-14-46-33(44)41-34)28(37)30(26)39-32(40-31)47-21-35-11-5-12-43(35)18-24(36)16-35/h2-3,6-8,10,17,24H,4-5,9,11-16,18-21H2,1H3,(H,41,44)/t24-,34+,35+/m1/s1. The first-order valence-electron chi connectivity index (χ1n) is 16.5. The number of hydrogen-bond acceptors (Lipinski definition) is 9. The normalized spacial score (nSPS) is 26.7. The van der Waals surface area contributed by atoms with Crippen LogP contribution in [-0.4, -0.2) is 95.8 Å². The average molecular weight is 645 g/mol. The highest BCUT2D eigenvalue weighted by Gasteiger charge is 2.49. The van der Waals surface area contributed by atoms with Gasteiger partial charge in [0.25, 0.3) is 0 Å². The third-order valence-electron chi connectivity index (χ3n) is 10.1. The van der Waals surface area contributed by atoms with Gasteiger partial charge in [-0.2, -0.15) is 9.97 Å². The van der Waals surface area contributed by atoms with Gasteiger partial charge in [0.1, 0.15) is 29.8 Å². The van der Waals surface area contributed by atoms with Gasteiger partial charge in [-0.15, -0.1) is 0 Å². The number of benzene rings is 2. The fraction of sp³-hybridized carbons (Fsp3) is 0.486. The number of halogens is 2. The quantitative estimate of drug-likeness (QED) is 0.322. The first-order chi connectivity index (χ1) is 22.8. The largest absolute Gasteiger partial charge is 0.461 e. The molecule has 1 amide bonds. The van der Waals surface area contributed by atoms with Crippen molar-refractivity contribution in [1.29, 1.82) is 0 Å². The molecule has 0 aliphatic carbocycles. The van der Waals surface area contributed by atoms with Gasteiger partial charge in [-0.05, 0) is 55.5 Å². The van der Waals surface area contributed by atoms with Crippen molar-refractivity contribution >= 4 is 33.6 Å². The van der Waals surface area contributed by atoms with Crippen molar-refractivity contribution < 1.29 is 27.8 Å². The minimum atomic E-state index is -0.909.